The Balaban J connectivity index is 1.02. The van der Waals surface area contributed by atoms with Gasteiger partial charge in [0.1, 0.15) is 5.75 Å². The van der Waals surface area contributed by atoms with Gasteiger partial charge in [0, 0.05) is 56.5 Å². The maximum Gasteiger partial charge on any atom is 0.308 e. The summed E-state index contributed by atoms with van der Waals surface area (Å²) in [4.78, 5) is 41.9. The third kappa shape index (κ3) is 4.86. The molecule has 0 radical (unpaired) electrons. The molecule has 40 heavy (non-hydrogen) atoms. The highest BCUT2D eigenvalue weighted by atomic mass is 17.3. The maximum absolute atomic E-state index is 12.9. The molecule has 10 heteroatoms. The second-order valence-corrected chi connectivity index (χ2v) is 12.3. The number of anilines is 1. The summed E-state index contributed by atoms with van der Waals surface area (Å²) < 4.78 is 23.8. The van der Waals surface area contributed by atoms with Crippen molar-refractivity contribution in [1.82, 2.24) is 4.90 Å². The molecular formula is C30H42N2O8. The lowest BCUT2D eigenvalue weighted by Gasteiger charge is -2.59. The minimum absolute atomic E-state index is 0.0163. The number of rotatable bonds is 6. The smallest absolute Gasteiger partial charge is 0.308 e. The second-order valence-electron chi connectivity index (χ2n) is 12.3. The largest absolute Gasteiger partial charge is 0.497 e. The number of nitrogens with zero attached hydrogens (tertiary/aromatic N) is 2. The summed E-state index contributed by atoms with van der Waals surface area (Å²) in [6.07, 6.45) is 2.40. The number of hydrogen-bond acceptors (Lipinski definition) is 9. The van der Waals surface area contributed by atoms with Gasteiger partial charge >= 0.3 is 5.97 Å². The van der Waals surface area contributed by atoms with Gasteiger partial charge in [0.2, 0.25) is 18.0 Å². The quantitative estimate of drug-likeness (QED) is 0.381. The number of carbonyl (C=O) groups is 2. The number of ether oxygens (including phenoxy) is 4. The zero-order valence-electron chi connectivity index (χ0n) is 24.0. The van der Waals surface area contributed by atoms with Crippen molar-refractivity contribution < 1.29 is 38.3 Å². The first-order chi connectivity index (χ1) is 19.2. The van der Waals surface area contributed by atoms with Crippen LogP contribution in [-0.2, 0) is 33.6 Å². The Hall–Kier alpha value is -2.40. The van der Waals surface area contributed by atoms with Crippen LogP contribution >= 0.6 is 0 Å². The fourth-order valence-electron chi connectivity index (χ4n) is 7.57. The van der Waals surface area contributed by atoms with E-state index in [1.54, 1.807) is 7.11 Å². The van der Waals surface area contributed by atoms with Crippen LogP contribution in [0.2, 0.25) is 0 Å². The lowest BCUT2D eigenvalue weighted by Crippen LogP contribution is -2.70. The van der Waals surface area contributed by atoms with Gasteiger partial charge in [0.05, 0.1) is 13.5 Å². The summed E-state index contributed by atoms with van der Waals surface area (Å²) in [5.74, 6) is 0.183. The van der Waals surface area contributed by atoms with Crippen molar-refractivity contribution in [1.29, 1.82) is 0 Å². The Bertz CT molecular complexity index is 1090. The summed E-state index contributed by atoms with van der Waals surface area (Å²) in [5.41, 5.74) is 0.412. The highest BCUT2D eigenvalue weighted by molar-refractivity contribution is 5.81. The zero-order valence-corrected chi connectivity index (χ0v) is 24.0. The van der Waals surface area contributed by atoms with Gasteiger partial charge in [-0.2, -0.15) is 0 Å². The second kappa shape index (κ2) is 10.8. The summed E-state index contributed by atoms with van der Waals surface area (Å²) >= 11 is 0. The van der Waals surface area contributed by atoms with Crippen molar-refractivity contribution in [2.75, 3.05) is 38.2 Å². The molecule has 5 heterocycles. The molecule has 5 saturated heterocycles. The average molecular weight is 559 g/mol. The molecule has 7 rings (SSSR count). The molecule has 10 nitrogen and oxygen atoms in total. The molecule has 8 atom stereocenters. The van der Waals surface area contributed by atoms with E-state index in [1.165, 1.54) is 0 Å². The standard InChI is InChI=1S/C30H42N2O8/c1-19-5-10-24-20(2)27(37-28-30(24)23(19)13-14-29(3,38-28)39-40-30)36-26(34)12-11-25(33)32-17-15-31(16-18-32)21-6-8-22(35-4)9-7-21/h6-9,19-20,23-24,27-28H,5,10-18H2,1-4H3. The van der Waals surface area contributed by atoms with Crippen LogP contribution in [0.5, 0.6) is 5.75 Å². The summed E-state index contributed by atoms with van der Waals surface area (Å²) in [7, 11) is 1.65. The summed E-state index contributed by atoms with van der Waals surface area (Å²) in [6, 6.07) is 7.94. The summed E-state index contributed by atoms with van der Waals surface area (Å²) in [6.45, 7) is 8.91. The van der Waals surface area contributed by atoms with Crippen molar-refractivity contribution >= 4 is 17.6 Å². The summed E-state index contributed by atoms with van der Waals surface area (Å²) in [5, 5.41) is 0. The Labute approximate surface area is 236 Å². The van der Waals surface area contributed by atoms with Gasteiger partial charge < -0.3 is 28.7 Å². The van der Waals surface area contributed by atoms with E-state index in [9.17, 15) is 9.59 Å². The van der Waals surface area contributed by atoms with E-state index in [2.05, 4.69) is 18.7 Å². The van der Waals surface area contributed by atoms with E-state index in [4.69, 9.17) is 28.7 Å². The number of benzene rings is 1. The minimum atomic E-state index is -0.878. The predicted molar refractivity (Wildman–Crippen MR) is 144 cm³/mol. The molecule has 1 aromatic rings. The van der Waals surface area contributed by atoms with Crippen LogP contribution in [0.1, 0.15) is 59.3 Å². The highest BCUT2D eigenvalue weighted by Crippen LogP contribution is 2.60. The molecule has 1 aliphatic carbocycles. The van der Waals surface area contributed by atoms with Crippen molar-refractivity contribution in [3.05, 3.63) is 24.3 Å². The molecule has 220 valence electrons. The van der Waals surface area contributed by atoms with Gasteiger partial charge in [-0.25, -0.2) is 9.78 Å². The highest BCUT2D eigenvalue weighted by Gasteiger charge is 2.69. The van der Waals surface area contributed by atoms with Crippen LogP contribution in [-0.4, -0.2) is 74.0 Å². The zero-order chi connectivity index (χ0) is 28.1. The Morgan fingerprint density at radius 2 is 1.73 bits per heavy atom. The fraction of sp³-hybridized carbons (Fsp3) is 0.733. The average Bonchev–Trinajstić information content (AvgIpc) is 3.20. The van der Waals surface area contributed by atoms with E-state index in [1.807, 2.05) is 36.1 Å². The molecule has 1 spiro atoms. The van der Waals surface area contributed by atoms with Crippen molar-refractivity contribution in [2.45, 2.75) is 83.3 Å². The Kier molecular flexibility index (Phi) is 7.48. The third-order valence-corrected chi connectivity index (χ3v) is 9.96. The monoisotopic (exact) mass is 558 g/mol. The molecule has 0 N–H and O–H groups in total. The van der Waals surface area contributed by atoms with Crippen LogP contribution < -0.4 is 9.64 Å². The van der Waals surface area contributed by atoms with E-state index in [0.717, 1.165) is 50.2 Å². The van der Waals surface area contributed by atoms with E-state index in [0.29, 0.717) is 19.0 Å². The topological polar surface area (TPSA) is 96.0 Å². The molecule has 5 aliphatic heterocycles. The fourth-order valence-corrected chi connectivity index (χ4v) is 7.57. The van der Waals surface area contributed by atoms with Crippen LogP contribution in [0.25, 0.3) is 0 Å². The normalized spacial score (nSPS) is 38.8. The van der Waals surface area contributed by atoms with Gasteiger partial charge in [-0.05, 0) is 62.3 Å². The third-order valence-electron chi connectivity index (χ3n) is 9.96. The number of esters is 1. The molecule has 1 saturated carbocycles. The number of methoxy groups -OCH3 is 1. The molecule has 2 bridgehead atoms. The van der Waals surface area contributed by atoms with Gasteiger partial charge in [-0.15, -0.1) is 0 Å². The van der Waals surface area contributed by atoms with E-state index < -0.39 is 29.9 Å². The lowest BCUT2D eigenvalue weighted by molar-refractivity contribution is -0.576. The van der Waals surface area contributed by atoms with Gasteiger partial charge in [0.25, 0.3) is 0 Å². The number of piperazine rings is 1. The predicted octanol–water partition coefficient (Wildman–Crippen LogP) is 3.88. The van der Waals surface area contributed by atoms with Gasteiger partial charge in [-0.1, -0.05) is 13.8 Å². The van der Waals surface area contributed by atoms with Crippen molar-refractivity contribution in [2.24, 2.45) is 23.7 Å². The van der Waals surface area contributed by atoms with Crippen molar-refractivity contribution in [3.8, 4) is 5.75 Å². The number of amides is 1. The molecule has 6 aliphatic rings. The number of hydrogen-bond donors (Lipinski definition) is 0. The van der Waals surface area contributed by atoms with Crippen LogP contribution in [0.3, 0.4) is 0 Å². The molecule has 8 unspecified atom stereocenters. The maximum atomic E-state index is 12.9. The van der Waals surface area contributed by atoms with E-state index in [-0.39, 0.29) is 36.5 Å². The van der Waals surface area contributed by atoms with Gasteiger partial charge in [0.15, 0.2) is 11.9 Å². The first-order valence-electron chi connectivity index (χ1n) is 14.8. The van der Waals surface area contributed by atoms with Crippen molar-refractivity contribution in [3.63, 3.8) is 0 Å². The van der Waals surface area contributed by atoms with E-state index >= 15 is 0 Å². The lowest BCUT2D eigenvalue weighted by atomic mass is 9.58. The first kappa shape index (κ1) is 27.8. The van der Waals surface area contributed by atoms with Gasteiger partial charge in [-0.3, -0.25) is 9.59 Å². The molecule has 6 fully saturated rings. The Morgan fingerprint density at radius 1 is 0.975 bits per heavy atom. The number of carbonyl (C=O) groups excluding carboxylic acids is 2. The minimum Gasteiger partial charge on any atom is -0.497 e. The molecule has 1 aromatic carbocycles. The number of fused-ring (bicyclic) bond motifs is 2. The van der Waals surface area contributed by atoms with Crippen LogP contribution in [0, 0.1) is 23.7 Å². The Morgan fingerprint density at radius 3 is 2.45 bits per heavy atom. The molecule has 1 amide bonds. The molecule has 0 aromatic heterocycles. The van der Waals surface area contributed by atoms with Crippen LogP contribution in [0.4, 0.5) is 5.69 Å². The molecular weight excluding hydrogens is 516 g/mol. The SMILES string of the molecule is COc1ccc(N2CCN(C(=O)CCC(=O)OC3OC4OC5(C)CCC6C(C)CCC(C3C)C46OO5)CC2)cc1. The van der Waals surface area contributed by atoms with Crippen LogP contribution in [0.15, 0.2) is 24.3 Å². The first-order valence-corrected chi connectivity index (χ1v) is 14.8.